The van der Waals surface area contributed by atoms with Gasteiger partial charge in [0.25, 0.3) is 0 Å². The fourth-order valence-electron chi connectivity index (χ4n) is 2.01. The van der Waals surface area contributed by atoms with E-state index in [4.69, 9.17) is 5.11 Å². The number of hydrogen-bond donors (Lipinski definition) is 2. The summed E-state index contributed by atoms with van der Waals surface area (Å²) in [5, 5.41) is 11.9. The second-order valence-electron chi connectivity index (χ2n) is 5.01. The highest BCUT2D eigenvalue weighted by Gasteiger charge is 2.07. The first-order valence-corrected chi connectivity index (χ1v) is 6.88. The summed E-state index contributed by atoms with van der Waals surface area (Å²) in [6.07, 6.45) is 7.39. The van der Waals surface area contributed by atoms with Crippen LogP contribution in [0.4, 0.5) is 5.82 Å². The Morgan fingerprint density at radius 2 is 2.14 bits per heavy atom. The van der Waals surface area contributed by atoms with Gasteiger partial charge in [0.15, 0.2) is 5.69 Å². The Kier molecular flexibility index (Phi) is 4.86. The Bertz CT molecular complexity index is 592. The molecule has 0 saturated heterocycles. The van der Waals surface area contributed by atoms with E-state index in [0.29, 0.717) is 11.7 Å². The summed E-state index contributed by atoms with van der Waals surface area (Å²) in [7, 11) is 0. The Morgan fingerprint density at radius 1 is 1.33 bits per heavy atom. The molecule has 0 bridgehead atoms. The first kappa shape index (κ1) is 15.0. The van der Waals surface area contributed by atoms with Crippen LogP contribution >= 0.6 is 0 Å². The highest BCUT2D eigenvalue weighted by Crippen LogP contribution is 2.12. The topological polar surface area (TPSA) is 92.9 Å². The maximum atomic E-state index is 10.7. The number of nitrogens with zero attached hydrogens (tertiary/aromatic N) is 4. The Hall–Kier alpha value is -2.44. The van der Waals surface area contributed by atoms with Crippen molar-refractivity contribution in [3.63, 3.8) is 0 Å². The molecule has 7 heteroatoms. The van der Waals surface area contributed by atoms with Crippen molar-refractivity contribution in [2.45, 2.75) is 32.7 Å². The van der Waals surface area contributed by atoms with Gasteiger partial charge in [-0.05, 0) is 6.42 Å². The summed E-state index contributed by atoms with van der Waals surface area (Å²) in [6.45, 7) is 5.85. The van der Waals surface area contributed by atoms with Crippen LogP contribution in [0.25, 0.3) is 0 Å². The molecule has 0 aliphatic rings. The molecule has 2 rings (SSSR count). The van der Waals surface area contributed by atoms with E-state index in [1.165, 1.54) is 12.4 Å². The van der Waals surface area contributed by atoms with Crippen LogP contribution in [0, 0.1) is 0 Å². The Balaban J connectivity index is 1.79. The predicted octanol–water partition coefficient (Wildman–Crippen LogP) is 2.00. The average molecular weight is 289 g/mol. The van der Waals surface area contributed by atoms with Crippen molar-refractivity contribution in [2.75, 3.05) is 11.9 Å². The molecule has 112 valence electrons. The fourth-order valence-corrected chi connectivity index (χ4v) is 2.01. The molecule has 0 fully saturated rings. The number of carboxylic acid groups (broad SMARTS) is 1. The number of imidazole rings is 1. The van der Waals surface area contributed by atoms with Crippen LogP contribution in [0.5, 0.6) is 0 Å². The summed E-state index contributed by atoms with van der Waals surface area (Å²) in [5.74, 6) is 0.994. The van der Waals surface area contributed by atoms with E-state index in [1.54, 1.807) is 0 Å². The molecular weight excluding hydrogens is 270 g/mol. The quantitative estimate of drug-likeness (QED) is 0.757. The number of aromatic carboxylic acids is 1. The van der Waals surface area contributed by atoms with Crippen LogP contribution in [-0.4, -0.2) is 37.1 Å². The lowest BCUT2D eigenvalue weighted by Crippen LogP contribution is -2.11. The molecule has 0 aliphatic heterocycles. The first-order valence-electron chi connectivity index (χ1n) is 6.88. The minimum Gasteiger partial charge on any atom is -0.476 e. The van der Waals surface area contributed by atoms with Gasteiger partial charge in [-0.15, -0.1) is 0 Å². The third kappa shape index (κ3) is 4.01. The van der Waals surface area contributed by atoms with Crippen LogP contribution in [0.15, 0.2) is 24.8 Å². The minimum absolute atomic E-state index is 0.0551. The molecule has 21 heavy (non-hydrogen) atoms. The van der Waals surface area contributed by atoms with Crippen molar-refractivity contribution in [3.8, 4) is 0 Å². The lowest BCUT2D eigenvalue weighted by atomic mass is 10.2. The van der Waals surface area contributed by atoms with Crippen molar-refractivity contribution in [3.05, 3.63) is 36.3 Å². The average Bonchev–Trinajstić information content (AvgIpc) is 2.92. The van der Waals surface area contributed by atoms with Crippen LogP contribution in [0.1, 0.15) is 42.5 Å². The van der Waals surface area contributed by atoms with Gasteiger partial charge in [0.1, 0.15) is 11.6 Å². The van der Waals surface area contributed by atoms with E-state index >= 15 is 0 Å². The first-order chi connectivity index (χ1) is 10.1. The fraction of sp³-hybridized carbons (Fsp3) is 0.429. The van der Waals surface area contributed by atoms with Gasteiger partial charge in [-0.25, -0.2) is 19.7 Å². The number of aromatic nitrogens is 4. The van der Waals surface area contributed by atoms with Crippen molar-refractivity contribution >= 4 is 11.8 Å². The van der Waals surface area contributed by atoms with Crippen molar-refractivity contribution in [2.24, 2.45) is 0 Å². The molecule has 0 saturated carbocycles. The zero-order valence-corrected chi connectivity index (χ0v) is 12.2. The molecule has 2 aromatic heterocycles. The van der Waals surface area contributed by atoms with Crippen molar-refractivity contribution in [1.82, 2.24) is 19.5 Å². The number of anilines is 1. The van der Waals surface area contributed by atoms with Gasteiger partial charge in [-0.3, -0.25) is 0 Å². The summed E-state index contributed by atoms with van der Waals surface area (Å²) in [4.78, 5) is 22.8. The summed E-state index contributed by atoms with van der Waals surface area (Å²) in [6, 6.07) is 0. The van der Waals surface area contributed by atoms with Crippen LogP contribution in [0.3, 0.4) is 0 Å². The van der Waals surface area contributed by atoms with Gasteiger partial charge in [-0.2, -0.15) is 0 Å². The highest BCUT2D eigenvalue weighted by molar-refractivity contribution is 5.84. The Labute approximate surface area is 123 Å². The normalized spacial score (nSPS) is 10.8. The highest BCUT2D eigenvalue weighted by atomic mass is 16.4. The van der Waals surface area contributed by atoms with E-state index in [1.807, 2.05) is 12.4 Å². The molecule has 0 unspecified atom stereocenters. The summed E-state index contributed by atoms with van der Waals surface area (Å²) < 4.78 is 2.14. The molecular formula is C14H19N5O2. The van der Waals surface area contributed by atoms with E-state index in [9.17, 15) is 4.79 Å². The van der Waals surface area contributed by atoms with Crippen LogP contribution < -0.4 is 5.32 Å². The third-order valence-corrected chi connectivity index (χ3v) is 3.02. The molecule has 0 spiro atoms. The number of aryl methyl sites for hydroxylation is 1. The van der Waals surface area contributed by atoms with Gasteiger partial charge in [0.2, 0.25) is 0 Å². The van der Waals surface area contributed by atoms with Crippen molar-refractivity contribution < 1.29 is 9.90 Å². The second-order valence-corrected chi connectivity index (χ2v) is 5.01. The van der Waals surface area contributed by atoms with E-state index in [2.05, 4.69) is 38.7 Å². The minimum atomic E-state index is -1.07. The number of hydrogen-bond acceptors (Lipinski definition) is 5. The second kappa shape index (κ2) is 6.83. The van der Waals surface area contributed by atoms with Crippen LogP contribution in [-0.2, 0) is 6.54 Å². The van der Waals surface area contributed by atoms with Crippen LogP contribution in [0.2, 0.25) is 0 Å². The lowest BCUT2D eigenvalue weighted by molar-refractivity contribution is 0.0690. The summed E-state index contributed by atoms with van der Waals surface area (Å²) >= 11 is 0. The van der Waals surface area contributed by atoms with Gasteiger partial charge in [-0.1, -0.05) is 13.8 Å². The maximum Gasteiger partial charge on any atom is 0.356 e. The van der Waals surface area contributed by atoms with Gasteiger partial charge in [0.05, 0.1) is 12.4 Å². The van der Waals surface area contributed by atoms with Gasteiger partial charge >= 0.3 is 5.97 Å². The molecule has 0 radical (unpaired) electrons. The monoisotopic (exact) mass is 289 g/mol. The molecule has 2 aromatic rings. The molecule has 2 N–H and O–H groups in total. The SMILES string of the molecule is CC(C)c1nccn1CCCNc1cnc(C(=O)O)cn1. The van der Waals surface area contributed by atoms with E-state index in [-0.39, 0.29) is 5.69 Å². The molecule has 2 heterocycles. The molecule has 0 aliphatic carbocycles. The molecule has 7 nitrogen and oxygen atoms in total. The number of rotatable bonds is 7. The molecule has 0 amide bonds. The largest absolute Gasteiger partial charge is 0.476 e. The van der Waals surface area contributed by atoms with Crippen molar-refractivity contribution in [1.29, 1.82) is 0 Å². The predicted molar refractivity (Wildman–Crippen MR) is 78.4 cm³/mol. The molecule has 0 aromatic carbocycles. The maximum absolute atomic E-state index is 10.7. The lowest BCUT2D eigenvalue weighted by Gasteiger charge is -2.10. The van der Waals surface area contributed by atoms with E-state index < -0.39 is 5.97 Å². The third-order valence-electron chi connectivity index (χ3n) is 3.02. The molecule has 0 atom stereocenters. The van der Waals surface area contributed by atoms with Gasteiger partial charge in [0, 0.05) is 31.4 Å². The number of carbonyl (C=O) groups is 1. The number of carboxylic acids is 1. The smallest absolute Gasteiger partial charge is 0.356 e. The standard InChI is InChI=1S/C14H19N5O2/c1-10(2)13-16-5-7-19(13)6-3-4-15-12-9-17-11(8-18-12)14(20)21/h5,7-10H,3-4,6H2,1-2H3,(H,15,18)(H,20,21). The summed E-state index contributed by atoms with van der Waals surface area (Å²) in [5.41, 5.74) is -0.0551. The number of nitrogens with one attached hydrogen (secondary N) is 1. The van der Waals surface area contributed by atoms with E-state index in [0.717, 1.165) is 25.3 Å². The zero-order chi connectivity index (χ0) is 15.2. The zero-order valence-electron chi connectivity index (χ0n) is 12.2. The Morgan fingerprint density at radius 3 is 2.76 bits per heavy atom. The van der Waals surface area contributed by atoms with Gasteiger partial charge < -0.3 is 15.0 Å².